The molecule has 0 spiro atoms. The predicted molar refractivity (Wildman–Crippen MR) is 137 cm³/mol. The molecule has 194 valence electrons. The fraction of sp³-hybridized carbons (Fsp3) is 0.429. The van der Waals surface area contributed by atoms with Gasteiger partial charge in [0.15, 0.2) is 6.29 Å². The number of amides is 1. The molecule has 0 aliphatic carbocycles. The summed E-state index contributed by atoms with van der Waals surface area (Å²) in [7, 11) is 2.03. The number of carboxylic acid groups (broad SMARTS) is 1. The summed E-state index contributed by atoms with van der Waals surface area (Å²) in [5.74, 6) is -1.05. The van der Waals surface area contributed by atoms with Crippen molar-refractivity contribution in [1.82, 2.24) is 4.90 Å². The van der Waals surface area contributed by atoms with Gasteiger partial charge in [-0.05, 0) is 36.7 Å². The van der Waals surface area contributed by atoms with Crippen LogP contribution < -0.4 is 5.32 Å². The molecule has 1 amide bonds. The first-order chi connectivity index (χ1) is 17.3. The summed E-state index contributed by atoms with van der Waals surface area (Å²) in [5.41, 5.74) is 3.33. The fourth-order valence-corrected chi connectivity index (χ4v) is 4.28. The minimum atomic E-state index is -0.911. The van der Waals surface area contributed by atoms with Crippen molar-refractivity contribution >= 4 is 17.6 Å². The highest BCUT2D eigenvalue weighted by Crippen LogP contribution is 2.41. The van der Waals surface area contributed by atoms with Crippen LogP contribution in [0.5, 0.6) is 0 Å². The molecule has 8 nitrogen and oxygen atoms in total. The van der Waals surface area contributed by atoms with Crippen LogP contribution in [-0.2, 0) is 25.7 Å². The van der Waals surface area contributed by atoms with Crippen LogP contribution in [0.4, 0.5) is 5.69 Å². The van der Waals surface area contributed by atoms with E-state index in [1.807, 2.05) is 49.5 Å². The number of anilines is 1. The van der Waals surface area contributed by atoms with Crippen LogP contribution in [-0.4, -0.2) is 53.2 Å². The molecule has 1 aliphatic rings. The van der Waals surface area contributed by atoms with E-state index in [-0.39, 0.29) is 43.5 Å². The number of hydrogen-bond donors (Lipinski definition) is 3. The van der Waals surface area contributed by atoms with E-state index < -0.39 is 12.3 Å². The summed E-state index contributed by atoms with van der Waals surface area (Å²) in [6.45, 7) is 7.39. The molecule has 3 rings (SSSR count). The van der Waals surface area contributed by atoms with Gasteiger partial charge in [0.25, 0.3) is 0 Å². The lowest BCUT2D eigenvalue weighted by Gasteiger charge is -2.42. The third kappa shape index (κ3) is 7.73. The molecule has 0 bridgehead atoms. The first-order valence-corrected chi connectivity index (χ1v) is 12.2. The first-order valence-electron chi connectivity index (χ1n) is 12.2. The van der Waals surface area contributed by atoms with Crippen molar-refractivity contribution in [3.05, 3.63) is 77.9 Å². The largest absolute Gasteiger partial charge is 0.481 e. The number of aliphatic hydroxyl groups excluding tert-OH is 1. The lowest BCUT2D eigenvalue weighted by molar-refractivity contribution is -0.275. The van der Waals surface area contributed by atoms with Crippen molar-refractivity contribution < 1.29 is 29.3 Å². The maximum atomic E-state index is 12.1. The third-order valence-electron chi connectivity index (χ3n) is 6.32. The number of ether oxygens (including phenoxy) is 2. The van der Waals surface area contributed by atoms with Crippen molar-refractivity contribution in [2.75, 3.05) is 25.5 Å². The van der Waals surface area contributed by atoms with Crippen LogP contribution in [0.15, 0.2) is 61.2 Å². The maximum absolute atomic E-state index is 12.1. The number of carboxylic acids is 1. The first kappa shape index (κ1) is 27.5. The topological polar surface area (TPSA) is 108 Å². The number of carbonyl (C=O) groups excluding carboxylic acids is 1. The van der Waals surface area contributed by atoms with Gasteiger partial charge in [-0.3, -0.25) is 9.59 Å². The van der Waals surface area contributed by atoms with E-state index in [1.54, 1.807) is 12.1 Å². The van der Waals surface area contributed by atoms with Gasteiger partial charge < -0.3 is 29.9 Å². The van der Waals surface area contributed by atoms with E-state index in [1.165, 1.54) is 0 Å². The van der Waals surface area contributed by atoms with Gasteiger partial charge in [0.2, 0.25) is 5.91 Å². The van der Waals surface area contributed by atoms with Crippen LogP contribution in [0.3, 0.4) is 0 Å². The van der Waals surface area contributed by atoms with E-state index in [0.717, 1.165) is 23.2 Å². The second kappa shape index (κ2) is 13.3. The molecule has 8 heteroatoms. The summed E-state index contributed by atoms with van der Waals surface area (Å²) in [6.07, 6.45) is 1.39. The standard InChI is InChI=1S/C28H36N2O6/c1-4-16-30(3)17-24-19(2)27(21-10-8-20(18-31)9-11-21)36-28(35-24)22-12-14-23(15-13-22)29-25(32)6-5-7-26(33)34/h4,8-15,19,24,27-28,31H,1,5-7,16-18H2,2-3H3,(H,29,32)(H,33,34)/t19-,24+,27+,28+/m1/s1. The fourth-order valence-electron chi connectivity index (χ4n) is 4.28. The number of aliphatic hydroxyl groups is 1. The van der Waals surface area contributed by atoms with Crippen LogP contribution in [0.2, 0.25) is 0 Å². The Labute approximate surface area is 212 Å². The number of rotatable bonds is 12. The SMILES string of the molecule is C=CCN(C)C[C@@H]1O[C@H](c2ccc(NC(=O)CCCC(=O)O)cc2)O[C@H](c2ccc(CO)cc2)[C@@H]1C. The molecule has 1 fully saturated rings. The van der Waals surface area contributed by atoms with E-state index >= 15 is 0 Å². The highest BCUT2D eigenvalue weighted by molar-refractivity contribution is 5.90. The zero-order valence-electron chi connectivity index (χ0n) is 20.9. The van der Waals surface area contributed by atoms with E-state index in [2.05, 4.69) is 23.7 Å². The maximum Gasteiger partial charge on any atom is 0.303 e. The minimum Gasteiger partial charge on any atom is -0.481 e. The number of aliphatic carboxylic acids is 1. The predicted octanol–water partition coefficient (Wildman–Crippen LogP) is 4.28. The van der Waals surface area contributed by atoms with Crippen LogP contribution in [0.1, 0.15) is 55.3 Å². The highest BCUT2D eigenvalue weighted by Gasteiger charge is 2.38. The van der Waals surface area contributed by atoms with Crippen LogP contribution in [0.25, 0.3) is 0 Å². The molecule has 4 atom stereocenters. The normalized spacial score (nSPS) is 21.8. The Balaban J connectivity index is 1.74. The molecule has 1 aliphatic heterocycles. The number of likely N-dealkylation sites (N-methyl/N-ethyl adjacent to an activating group) is 1. The zero-order chi connectivity index (χ0) is 26.1. The second-order valence-corrected chi connectivity index (χ2v) is 9.25. The quantitative estimate of drug-likeness (QED) is 0.376. The van der Waals surface area contributed by atoms with E-state index in [4.69, 9.17) is 14.6 Å². The second-order valence-electron chi connectivity index (χ2n) is 9.25. The zero-order valence-corrected chi connectivity index (χ0v) is 20.9. The van der Waals surface area contributed by atoms with Crippen LogP contribution in [0, 0.1) is 5.92 Å². The molecule has 0 unspecified atom stereocenters. The summed E-state index contributed by atoms with van der Waals surface area (Å²) >= 11 is 0. The molecule has 1 heterocycles. The van der Waals surface area contributed by atoms with Crippen molar-refractivity contribution in [3.63, 3.8) is 0 Å². The van der Waals surface area contributed by atoms with Gasteiger partial charge in [0.1, 0.15) is 0 Å². The van der Waals surface area contributed by atoms with Gasteiger partial charge in [0.05, 0.1) is 18.8 Å². The monoisotopic (exact) mass is 496 g/mol. The third-order valence-corrected chi connectivity index (χ3v) is 6.32. The van der Waals surface area contributed by atoms with Crippen molar-refractivity contribution in [2.24, 2.45) is 5.92 Å². The molecule has 2 aromatic rings. The number of carbonyl (C=O) groups is 2. The summed E-state index contributed by atoms with van der Waals surface area (Å²) in [6, 6.07) is 15.1. The van der Waals surface area contributed by atoms with Gasteiger partial charge in [0, 0.05) is 43.1 Å². The molecule has 36 heavy (non-hydrogen) atoms. The molecule has 0 aromatic heterocycles. The van der Waals surface area contributed by atoms with E-state index in [0.29, 0.717) is 18.7 Å². The Bertz CT molecular complexity index is 1010. The molecule has 3 N–H and O–H groups in total. The molecule has 0 radical (unpaired) electrons. The number of hydrogen-bond acceptors (Lipinski definition) is 6. The number of benzene rings is 2. The Morgan fingerprint density at radius 2 is 1.72 bits per heavy atom. The Kier molecular flexibility index (Phi) is 10.2. The lowest BCUT2D eigenvalue weighted by atomic mass is 9.90. The number of nitrogens with zero attached hydrogens (tertiary/aromatic N) is 1. The van der Waals surface area contributed by atoms with Gasteiger partial charge >= 0.3 is 5.97 Å². The minimum absolute atomic E-state index is 0.00941. The highest BCUT2D eigenvalue weighted by atomic mass is 16.7. The Morgan fingerprint density at radius 1 is 1.06 bits per heavy atom. The smallest absolute Gasteiger partial charge is 0.303 e. The molecule has 2 aromatic carbocycles. The summed E-state index contributed by atoms with van der Waals surface area (Å²) < 4.78 is 12.9. The van der Waals surface area contributed by atoms with Crippen molar-refractivity contribution in [2.45, 2.75) is 51.3 Å². The summed E-state index contributed by atoms with van der Waals surface area (Å²) in [5, 5.41) is 20.9. The molecule has 1 saturated heterocycles. The molecular weight excluding hydrogens is 460 g/mol. The molecule has 0 saturated carbocycles. The van der Waals surface area contributed by atoms with Gasteiger partial charge in [-0.15, -0.1) is 6.58 Å². The summed E-state index contributed by atoms with van der Waals surface area (Å²) in [4.78, 5) is 24.9. The molecular formula is C28H36N2O6. The lowest BCUT2D eigenvalue weighted by Crippen LogP contribution is -2.43. The van der Waals surface area contributed by atoms with E-state index in [9.17, 15) is 14.7 Å². The Morgan fingerprint density at radius 3 is 2.33 bits per heavy atom. The van der Waals surface area contributed by atoms with Gasteiger partial charge in [-0.2, -0.15) is 0 Å². The van der Waals surface area contributed by atoms with Crippen molar-refractivity contribution in [3.8, 4) is 0 Å². The number of nitrogens with one attached hydrogen (secondary N) is 1. The van der Waals surface area contributed by atoms with Gasteiger partial charge in [-0.25, -0.2) is 0 Å². The average Bonchev–Trinajstić information content (AvgIpc) is 2.86. The van der Waals surface area contributed by atoms with Crippen molar-refractivity contribution in [1.29, 1.82) is 0 Å². The van der Waals surface area contributed by atoms with Crippen LogP contribution >= 0.6 is 0 Å². The van der Waals surface area contributed by atoms with Gasteiger partial charge in [-0.1, -0.05) is 49.4 Å². The average molecular weight is 497 g/mol. The Hall–Kier alpha value is -3.04.